The highest BCUT2D eigenvalue weighted by atomic mass is 32.2. The Labute approximate surface area is 129 Å². The topological polar surface area (TPSA) is 70.8 Å². The fourth-order valence-corrected chi connectivity index (χ4v) is 3.68. The van der Waals surface area contributed by atoms with Gasteiger partial charge in [-0.15, -0.1) is 0 Å². The number of nitrogens with zero attached hydrogens (tertiary/aromatic N) is 2. The van der Waals surface area contributed by atoms with Gasteiger partial charge in [0.15, 0.2) is 0 Å². The number of anilines is 1. The van der Waals surface area contributed by atoms with Crippen molar-refractivity contribution in [2.24, 2.45) is 0 Å². The minimum atomic E-state index is -3.63. The second-order valence-corrected chi connectivity index (χ2v) is 7.31. The van der Waals surface area contributed by atoms with Crippen molar-refractivity contribution >= 4 is 21.6 Å². The normalized spacial score (nSPS) is 14.7. The van der Waals surface area contributed by atoms with Crippen molar-refractivity contribution in [3.8, 4) is 0 Å². The zero-order valence-corrected chi connectivity index (χ0v) is 13.1. The molecule has 1 aliphatic heterocycles. The summed E-state index contributed by atoms with van der Waals surface area (Å²) >= 11 is 0. The van der Waals surface area contributed by atoms with Gasteiger partial charge in [0.1, 0.15) is 5.76 Å². The van der Waals surface area contributed by atoms with E-state index in [-0.39, 0.29) is 23.8 Å². The van der Waals surface area contributed by atoms with Crippen LogP contribution in [0.1, 0.15) is 11.3 Å². The van der Waals surface area contributed by atoms with Crippen LogP contribution in [-0.2, 0) is 27.8 Å². The second kappa shape index (κ2) is 5.26. The van der Waals surface area contributed by atoms with E-state index in [1.54, 1.807) is 31.3 Å². The van der Waals surface area contributed by atoms with E-state index in [4.69, 9.17) is 4.42 Å². The lowest BCUT2D eigenvalue weighted by Gasteiger charge is -2.17. The predicted molar refractivity (Wildman–Crippen MR) is 80.9 cm³/mol. The van der Waals surface area contributed by atoms with Crippen LogP contribution >= 0.6 is 0 Å². The first-order valence-corrected chi connectivity index (χ1v) is 8.22. The first-order chi connectivity index (χ1) is 10.4. The Morgan fingerprint density at radius 1 is 1.32 bits per heavy atom. The summed E-state index contributed by atoms with van der Waals surface area (Å²) in [5.41, 5.74) is 1.50. The van der Waals surface area contributed by atoms with Crippen LogP contribution in [0.3, 0.4) is 0 Å². The maximum absolute atomic E-state index is 12.6. The van der Waals surface area contributed by atoms with Crippen LogP contribution in [0.15, 0.2) is 45.9 Å². The van der Waals surface area contributed by atoms with Gasteiger partial charge >= 0.3 is 0 Å². The Kier molecular flexibility index (Phi) is 3.54. The van der Waals surface area contributed by atoms with Crippen LogP contribution in [-0.4, -0.2) is 32.7 Å². The molecule has 0 atom stereocenters. The van der Waals surface area contributed by atoms with E-state index in [9.17, 15) is 13.2 Å². The number of hydrogen-bond donors (Lipinski definition) is 0. The highest BCUT2D eigenvalue weighted by molar-refractivity contribution is 7.89. The zero-order valence-electron chi connectivity index (χ0n) is 12.3. The molecule has 1 aromatic carbocycles. The number of amides is 1. The standard InChI is InChI=1S/C15H16N2O4S/c1-16(10-12-4-3-7-21-12)22(19,20)13-5-6-14-11(8-13)9-15(18)17(14)2/h3-8H,9-10H2,1-2H3. The number of furan rings is 1. The SMILES string of the molecule is CN1C(=O)Cc2cc(S(=O)(=O)N(C)Cc3ccco3)ccc21. The molecule has 0 radical (unpaired) electrons. The van der Waals surface area contributed by atoms with E-state index in [1.165, 1.54) is 28.6 Å². The zero-order chi connectivity index (χ0) is 15.9. The molecular weight excluding hydrogens is 304 g/mol. The third kappa shape index (κ3) is 2.42. The summed E-state index contributed by atoms with van der Waals surface area (Å²) in [5.74, 6) is 0.538. The number of sulfonamides is 1. The van der Waals surface area contributed by atoms with E-state index >= 15 is 0 Å². The van der Waals surface area contributed by atoms with Gasteiger partial charge < -0.3 is 9.32 Å². The van der Waals surface area contributed by atoms with Crippen LogP contribution in [0, 0.1) is 0 Å². The average Bonchev–Trinajstić information content (AvgIpc) is 3.08. The number of benzene rings is 1. The smallest absolute Gasteiger partial charge is 0.243 e. The number of fused-ring (bicyclic) bond motifs is 1. The third-order valence-corrected chi connectivity index (χ3v) is 5.59. The van der Waals surface area contributed by atoms with Gasteiger partial charge in [-0.3, -0.25) is 4.79 Å². The van der Waals surface area contributed by atoms with E-state index in [0.29, 0.717) is 5.76 Å². The van der Waals surface area contributed by atoms with E-state index < -0.39 is 10.0 Å². The second-order valence-electron chi connectivity index (χ2n) is 5.26. The maximum Gasteiger partial charge on any atom is 0.243 e. The molecule has 1 aliphatic rings. The monoisotopic (exact) mass is 320 g/mol. The minimum Gasteiger partial charge on any atom is -0.468 e. The number of carbonyl (C=O) groups is 1. The van der Waals surface area contributed by atoms with Gasteiger partial charge in [0.05, 0.1) is 24.1 Å². The minimum absolute atomic E-state index is 0.0338. The van der Waals surface area contributed by atoms with Crippen molar-refractivity contribution in [1.29, 1.82) is 0 Å². The molecule has 116 valence electrons. The Morgan fingerprint density at radius 2 is 2.09 bits per heavy atom. The fraction of sp³-hybridized carbons (Fsp3) is 0.267. The van der Waals surface area contributed by atoms with Gasteiger partial charge in [-0.1, -0.05) is 0 Å². The quantitative estimate of drug-likeness (QED) is 0.858. The molecule has 0 N–H and O–H groups in total. The highest BCUT2D eigenvalue weighted by Crippen LogP contribution is 2.30. The van der Waals surface area contributed by atoms with Gasteiger partial charge in [0.2, 0.25) is 15.9 Å². The Balaban J connectivity index is 1.90. The summed E-state index contributed by atoms with van der Waals surface area (Å²) in [6, 6.07) is 8.22. The number of hydrogen-bond acceptors (Lipinski definition) is 4. The van der Waals surface area contributed by atoms with E-state index in [2.05, 4.69) is 0 Å². The molecule has 2 heterocycles. The molecule has 0 saturated heterocycles. The van der Waals surface area contributed by atoms with E-state index in [0.717, 1.165) is 11.3 Å². The molecule has 0 bridgehead atoms. The fourth-order valence-electron chi connectivity index (χ4n) is 2.49. The van der Waals surface area contributed by atoms with Crippen molar-refractivity contribution in [2.75, 3.05) is 19.0 Å². The molecule has 0 aliphatic carbocycles. The molecule has 1 aromatic heterocycles. The third-order valence-electron chi connectivity index (χ3n) is 3.79. The van der Waals surface area contributed by atoms with Crippen molar-refractivity contribution in [3.63, 3.8) is 0 Å². The van der Waals surface area contributed by atoms with Crippen LogP contribution in [0.5, 0.6) is 0 Å². The largest absolute Gasteiger partial charge is 0.468 e. The highest BCUT2D eigenvalue weighted by Gasteiger charge is 2.28. The first kappa shape index (κ1) is 14.8. The molecule has 3 rings (SSSR count). The summed E-state index contributed by atoms with van der Waals surface area (Å²) in [5, 5.41) is 0. The van der Waals surface area contributed by atoms with Gasteiger partial charge in [-0.25, -0.2) is 8.42 Å². The summed E-state index contributed by atoms with van der Waals surface area (Å²) < 4.78 is 31.6. The lowest BCUT2D eigenvalue weighted by atomic mass is 10.2. The van der Waals surface area contributed by atoms with Gasteiger partial charge in [-0.2, -0.15) is 4.31 Å². The molecule has 1 amide bonds. The van der Waals surface area contributed by atoms with Gasteiger partial charge in [-0.05, 0) is 35.9 Å². The number of rotatable bonds is 4. The van der Waals surface area contributed by atoms with Crippen molar-refractivity contribution in [3.05, 3.63) is 47.9 Å². The van der Waals surface area contributed by atoms with Crippen LogP contribution in [0.2, 0.25) is 0 Å². The van der Waals surface area contributed by atoms with Crippen LogP contribution in [0.4, 0.5) is 5.69 Å². The number of likely N-dealkylation sites (N-methyl/N-ethyl adjacent to an activating group) is 1. The average molecular weight is 320 g/mol. The van der Waals surface area contributed by atoms with Crippen molar-refractivity contribution < 1.29 is 17.6 Å². The molecule has 0 fully saturated rings. The molecule has 2 aromatic rings. The summed E-state index contributed by atoms with van der Waals surface area (Å²) in [7, 11) is -0.440. The summed E-state index contributed by atoms with van der Waals surface area (Å²) in [6.45, 7) is 0.158. The Hall–Kier alpha value is -2.12. The van der Waals surface area contributed by atoms with Crippen LogP contribution < -0.4 is 4.90 Å². The number of carbonyl (C=O) groups excluding carboxylic acids is 1. The maximum atomic E-state index is 12.6. The first-order valence-electron chi connectivity index (χ1n) is 6.78. The van der Waals surface area contributed by atoms with Crippen molar-refractivity contribution in [2.45, 2.75) is 17.9 Å². The molecule has 7 heteroatoms. The molecule has 0 saturated carbocycles. The molecule has 6 nitrogen and oxygen atoms in total. The van der Waals surface area contributed by atoms with Crippen molar-refractivity contribution in [1.82, 2.24) is 4.31 Å². The molecule has 0 unspecified atom stereocenters. The van der Waals surface area contributed by atoms with E-state index in [1.807, 2.05) is 0 Å². The molecular formula is C15H16N2O4S. The summed E-state index contributed by atoms with van der Waals surface area (Å²) in [4.78, 5) is 13.4. The lowest BCUT2D eigenvalue weighted by Crippen LogP contribution is -2.26. The Morgan fingerprint density at radius 3 is 2.77 bits per heavy atom. The lowest BCUT2D eigenvalue weighted by molar-refractivity contribution is -0.117. The van der Waals surface area contributed by atoms with Crippen LogP contribution in [0.25, 0.3) is 0 Å². The van der Waals surface area contributed by atoms with Gasteiger partial charge in [0, 0.05) is 19.8 Å². The molecule has 0 spiro atoms. The Bertz CT molecular complexity index is 812. The predicted octanol–water partition coefficient (Wildman–Crippen LogP) is 1.62. The van der Waals surface area contributed by atoms with Gasteiger partial charge in [0.25, 0.3) is 0 Å². The summed E-state index contributed by atoms with van der Waals surface area (Å²) in [6.07, 6.45) is 1.74. The molecule has 22 heavy (non-hydrogen) atoms.